The number of aryl methyl sites for hydroxylation is 2. The smallest absolute Gasteiger partial charge is 0.408 e. The van der Waals surface area contributed by atoms with Gasteiger partial charge in [-0.15, -0.1) is 0 Å². The molecule has 3 amide bonds. The molecule has 0 saturated carbocycles. The highest BCUT2D eigenvalue weighted by Crippen LogP contribution is 2.27. The van der Waals surface area contributed by atoms with E-state index in [0.29, 0.717) is 24.2 Å². The zero-order chi connectivity index (χ0) is 36.8. The average molecular weight is 698 g/mol. The Bertz CT molecular complexity index is 1370. The van der Waals surface area contributed by atoms with Crippen molar-refractivity contribution < 1.29 is 28.7 Å². The second-order valence-corrected chi connectivity index (χ2v) is 15.6. The summed E-state index contributed by atoms with van der Waals surface area (Å²) in [5.41, 5.74) is 1.95. The molecule has 0 aromatic heterocycles. The molecular formula is C39H59N3O6S. The molecule has 3 unspecified atom stereocenters. The van der Waals surface area contributed by atoms with Crippen LogP contribution in [-0.4, -0.2) is 70.6 Å². The Morgan fingerprint density at radius 1 is 0.816 bits per heavy atom. The van der Waals surface area contributed by atoms with Gasteiger partial charge in [-0.05, 0) is 102 Å². The molecule has 0 bridgehead atoms. The minimum absolute atomic E-state index is 0.210. The predicted octanol–water partition coefficient (Wildman–Crippen LogP) is 7.47. The number of hydrogen-bond donors (Lipinski definition) is 2. The molecule has 2 aromatic rings. The maximum atomic E-state index is 14.7. The van der Waals surface area contributed by atoms with Crippen LogP contribution in [0.2, 0.25) is 0 Å². The third kappa shape index (κ3) is 14.9. The molecule has 9 nitrogen and oxygen atoms in total. The number of alkyl carbamates (subject to hydrolysis) is 1. The second-order valence-electron chi connectivity index (χ2n) is 14.6. The summed E-state index contributed by atoms with van der Waals surface area (Å²) in [6.07, 6.45) is 5.31. The summed E-state index contributed by atoms with van der Waals surface area (Å²) < 4.78 is 11.3. The summed E-state index contributed by atoms with van der Waals surface area (Å²) in [5, 5.41) is 5.79. The minimum Gasteiger partial charge on any atom is -0.458 e. The summed E-state index contributed by atoms with van der Waals surface area (Å²) >= 11 is 1.56. The van der Waals surface area contributed by atoms with Crippen molar-refractivity contribution in [3.8, 4) is 0 Å². The molecule has 2 rings (SSSR count). The topological polar surface area (TPSA) is 114 Å². The van der Waals surface area contributed by atoms with Crippen molar-refractivity contribution in [3.05, 3.63) is 70.8 Å². The SMILES string of the molecule is CCCCCCN(C(=O)C(CCSC)NC(=O)OC(C)(C)C)C(C(=O)NC(Cc1ccccc1)C(=O)OC(C)(C)C)c1ccc(C)c(C)c1. The number of esters is 1. The molecule has 272 valence electrons. The molecule has 0 aliphatic rings. The van der Waals surface area contributed by atoms with Crippen LogP contribution in [0.25, 0.3) is 0 Å². The lowest BCUT2D eigenvalue weighted by atomic mass is 9.97. The van der Waals surface area contributed by atoms with Crippen molar-refractivity contribution in [2.45, 2.75) is 130 Å². The third-order valence-corrected chi connectivity index (χ3v) is 8.48. The van der Waals surface area contributed by atoms with Gasteiger partial charge in [0.1, 0.15) is 29.3 Å². The van der Waals surface area contributed by atoms with E-state index in [1.54, 1.807) is 58.2 Å². The van der Waals surface area contributed by atoms with Gasteiger partial charge in [0.15, 0.2) is 0 Å². The van der Waals surface area contributed by atoms with Crippen molar-refractivity contribution in [1.82, 2.24) is 15.5 Å². The van der Waals surface area contributed by atoms with E-state index in [2.05, 4.69) is 17.6 Å². The number of nitrogens with one attached hydrogen (secondary N) is 2. The molecule has 0 aliphatic carbocycles. The Hall–Kier alpha value is -3.53. The average Bonchev–Trinajstić information content (AvgIpc) is 3.00. The van der Waals surface area contributed by atoms with Crippen molar-refractivity contribution in [2.75, 3.05) is 18.6 Å². The summed E-state index contributed by atoms with van der Waals surface area (Å²) in [6, 6.07) is 12.1. The van der Waals surface area contributed by atoms with Crippen LogP contribution in [0, 0.1) is 13.8 Å². The maximum absolute atomic E-state index is 14.7. The number of hydrogen-bond acceptors (Lipinski definition) is 7. The van der Waals surface area contributed by atoms with Gasteiger partial charge in [0.05, 0.1) is 0 Å². The van der Waals surface area contributed by atoms with E-state index in [-0.39, 0.29) is 18.9 Å². The van der Waals surface area contributed by atoms with Gasteiger partial charge in [0.2, 0.25) is 11.8 Å². The molecule has 0 spiro atoms. The molecule has 2 aromatic carbocycles. The van der Waals surface area contributed by atoms with Gasteiger partial charge in [-0.2, -0.15) is 11.8 Å². The van der Waals surface area contributed by atoms with Gasteiger partial charge in [0.25, 0.3) is 0 Å². The normalized spacial score (nSPS) is 13.5. The molecule has 2 N–H and O–H groups in total. The second kappa shape index (κ2) is 19.6. The number of rotatable bonds is 17. The first-order valence-corrected chi connectivity index (χ1v) is 18.8. The molecule has 0 radical (unpaired) electrons. The standard InChI is InChI=1S/C39H59N3O6S/c1-11-12-13-17-23-42(35(44)31(22-24-49-10)41-37(46)48-39(7,8)9)33(30-21-20-27(2)28(3)25-30)34(43)40-32(36(45)47-38(4,5)6)26-29-18-15-14-16-19-29/h14-16,18-21,25,31-33H,11-13,17,22-24,26H2,1-10H3,(H,40,43)(H,41,46). The van der Waals surface area contributed by atoms with Crippen LogP contribution in [0.3, 0.4) is 0 Å². The number of carbonyl (C=O) groups excluding carboxylic acids is 4. The molecule has 49 heavy (non-hydrogen) atoms. The molecular weight excluding hydrogens is 639 g/mol. The fourth-order valence-electron chi connectivity index (χ4n) is 5.29. The number of carbonyl (C=O) groups is 4. The summed E-state index contributed by atoms with van der Waals surface area (Å²) in [6.45, 7) is 17.0. The van der Waals surface area contributed by atoms with Crippen molar-refractivity contribution >= 4 is 35.6 Å². The molecule has 0 heterocycles. The van der Waals surface area contributed by atoms with Gasteiger partial charge in [-0.25, -0.2) is 9.59 Å². The van der Waals surface area contributed by atoms with E-state index in [4.69, 9.17) is 9.47 Å². The Balaban J connectivity index is 2.66. The van der Waals surface area contributed by atoms with Crippen LogP contribution >= 0.6 is 11.8 Å². The number of ether oxygens (including phenoxy) is 2. The fraction of sp³-hybridized carbons (Fsp3) is 0.590. The van der Waals surface area contributed by atoms with Gasteiger partial charge in [-0.1, -0.05) is 74.7 Å². The summed E-state index contributed by atoms with van der Waals surface area (Å²) in [7, 11) is 0. The molecule has 0 fully saturated rings. The van der Waals surface area contributed by atoms with E-state index < -0.39 is 47.3 Å². The zero-order valence-electron chi connectivity index (χ0n) is 31.3. The quantitative estimate of drug-likeness (QED) is 0.130. The number of thioether (sulfide) groups is 1. The summed E-state index contributed by atoms with van der Waals surface area (Å²) in [4.78, 5) is 57.5. The van der Waals surface area contributed by atoms with Crippen molar-refractivity contribution in [1.29, 1.82) is 0 Å². The van der Waals surface area contributed by atoms with E-state index in [1.165, 1.54) is 0 Å². The van der Waals surface area contributed by atoms with E-state index in [9.17, 15) is 19.2 Å². The zero-order valence-corrected chi connectivity index (χ0v) is 32.1. The lowest BCUT2D eigenvalue weighted by Crippen LogP contribution is -2.55. The Morgan fingerprint density at radius 2 is 1.47 bits per heavy atom. The first kappa shape index (κ1) is 41.6. The van der Waals surface area contributed by atoms with Crippen LogP contribution in [0.4, 0.5) is 4.79 Å². The van der Waals surface area contributed by atoms with Gasteiger partial charge in [-0.3, -0.25) is 9.59 Å². The summed E-state index contributed by atoms with van der Waals surface area (Å²) in [5.74, 6) is -0.839. The number of nitrogens with zero attached hydrogens (tertiary/aromatic N) is 1. The molecule has 0 saturated heterocycles. The van der Waals surface area contributed by atoms with Gasteiger partial charge in [0, 0.05) is 13.0 Å². The number of amides is 3. The van der Waals surface area contributed by atoms with E-state index in [1.807, 2.05) is 68.6 Å². The number of benzene rings is 2. The number of unbranched alkanes of at least 4 members (excludes halogenated alkanes) is 3. The Kier molecular flexibility index (Phi) is 16.7. The van der Waals surface area contributed by atoms with E-state index in [0.717, 1.165) is 36.0 Å². The highest BCUT2D eigenvalue weighted by atomic mass is 32.2. The predicted molar refractivity (Wildman–Crippen MR) is 199 cm³/mol. The van der Waals surface area contributed by atoms with Crippen LogP contribution in [0.15, 0.2) is 48.5 Å². The van der Waals surface area contributed by atoms with Crippen molar-refractivity contribution in [3.63, 3.8) is 0 Å². The van der Waals surface area contributed by atoms with Crippen LogP contribution in [-0.2, 0) is 30.3 Å². The first-order valence-electron chi connectivity index (χ1n) is 17.4. The first-order chi connectivity index (χ1) is 23.0. The lowest BCUT2D eigenvalue weighted by molar-refractivity contribution is -0.159. The van der Waals surface area contributed by atoms with Crippen LogP contribution in [0.1, 0.15) is 109 Å². The van der Waals surface area contributed by atoms with Crippen LogP contribution in [0.5, 0.6) is 0 Å². The van der Waals surface area contributed by atoms with E-state index >= 15 is 0 Å². The van der Waals surface area contributed by atoms with Gasteiger partial charge >= 0.3 is 12.1 Å². The largest absolute Gasteiger partial charge is 0.458 e. The monoisotopic (exact) mass is 697 g/mol. The fourth-order valence-corrected chi connectivity index (χ4v) is 5.76. The van der Waals surface area contributed by atoms with Gasteiger partial charge < -0.3 is 25.0 Å². The highest BCUT2D eigenvalue weighted by molar-refractivity contribution is 7.98. The molecule has 3 atom stereocenters. The molecule has 10 heteroatoms. The highest BCUT2D eigenvalue weighted by Gasteiger charge is 2.38. The third-order valence-electron chi connectivity index (χ3n) is 7.83. The lowest BCUT2D eigenvalue weighted by Gasteiger charge is -2.35. The Labute approximate surface area is 298 Å². The Morgan fingerprint density at radius 3 is 2.04 bits per heavy atom. The molecule has 0 aliphatic heterocycles. The minimum atomic E-state index is -1.08. The maximum Gasteiger partial charge on any atom is 0.408 e. The van der Waals surface area contributed by atoms with Crippen molar-refractivity contribution in [2.24, 2.45) is 0 Å². The van der Waals surface area contributed by atoms with Crippen LogP contribution < -0.4 is 10.6 Å².